The van der Waals surface area contributed by atoms with Gasteiger partial charge in [-0.1, -0.05) is 60.7 Å². The summed E-state index contributed by atoms with van der Waals surface area (Å²) in [5.74, 6) is 0. The second-order valence-electron chi connectivity index (χ2n) is 3.22. The van der Waals surface area contributed by atoms with Crippen molar-refractivity contribution in [3.63, 3.8) is 0 Å². The van der Waals surface area contributed by atoms with Crippen LogP contribution in [0.2, 0.25) is 0 Å². The summed E-state index contributed by atoms with van der Waals surface area (Å²) in [5.41, 5.74) is 0. The Morgan fingerprint density at radius 1 is 0.750 bits per heavy atom. The molecule has 84 valence electrons. The van der Waals surface area contributed by atoms with Gasteiger partial charge >= 0.3 is 0 Å². The van der Waals surface area contributed by atoms with Gasteiger partial charge in [-0.25, -0.2) is 0 Å². The van der Waals surface area contributed by atoms with Crippen LogP contribution < -0.4 is 27.9 Å². The Morgan fingerprint density at radius 3 is 1.38 bits per heavy atom. The fourth-order valence-electron chi connectivity index (χ4n) is 1.40. The minimum absolute atomic E-state index is 0. The van der Waals surface area contributed by atoms with Crippen LogP contribution in [0.15, 0.2) is 60.7 Å². The van der Waals surface area contributed by atoms with Crippen LogP contribution in [0, 0.1) is 0 Å². The van der Waals surface area contributed by atoms with Gasteiger partial charge < -0.3 is 21.9 Å². The third kappa shape index (κ3) is 2.53. The van der Waals surface area contributed by atoms with Gasteiger partial charge in [-0.3, -0.25) is 0 Å². The largest absolute Gasteiger partial charge is 1.00 e. The van der Waals surface area contributed by atoms with Crippen LogP contribution in [0.5, 0.6) is 0 Å². The SMILES string of the molecule is O=P([O-])(c1ccccc1)c1ccccc1.[Cl-]. The Morgan fingerprint density at radius 2 is 1.06 bits per heavy atom. The molecule has 0 aliphatic rings. The molecule has 0 amide bonds. The Balaban J connectivity index is 0.00000128. The van der Waals surface area contributed by atoms with Gasteiger partial charge in [0.1, 0.15) is 0 Å². The predicted molar refractivity (Wildman–Crippen MR) is 59.8 cm³/mol. The van der Waals surface area contributed by atoms with Crippen molar-refractivity contribution in [3.05, 3.63) is 60.7 Å². The normalized spacial score (nSPS) is 10.6. The van der Waals surface area contributed by atoms with Crippen LogP contribution in [0.3, 0.4) is 0 Å². The third-order valence-electron chi connectivity index (χ3n) is 2.19. The number of hydrogen-bond acceptors (Lipinski definition) is 2. The first-order valence-corrected chi connectivity index (χ1v) is 6.26. The Kier molecular flexibility index (Phi) is 4.31. The predicted octanol–water partition coefficient (Wildman–Crippen LogP) is -1.72. The molecule has 4 heteroatoms. The van der Waals surface area contributed by atoms with Crippen LogP contribution in [-0.4, -0.2) is 0 Å². The lowest BCUT2D eigenvalue weighted by molar-refractivity contribution is -0.167. The monoisotopic (exact) mass is 252 g/mol. The third-order valence-corrected chi connectivity index (χ3v) is 4.15. The summed E-state index contributed by atoms with van der Waals surface area (Å²) in [6.45, 7) is 0. The highest BCUT2D eigenvalue weighted by Gasteiger charge is 2.12. The van der Waals surface area contributed by atoms with Gasteiger partial charge in [0.2, 0.25) is 0 Å². The molecule has 0 N–H and O–H groups in total. The van der Waals surface area contributed by atoms with Crippen molar-refractivity contribution in [1.82, 2.24) is 0 Å². The molecular formula is C12H10ClO2P-2. The molecule has 0 radical (unpaired) electrons. The zero-order chi connectivity index (χ0) is 10.7. The van der Waals surface area contributed by atoms with Crippen molar-refractivity contribution < 1.29 is 21.9 Å². The van der Waals surface area contributed by atoms with Gasteiger partial charge in [0.15, 0.2) is 0 Å². The molecule has 0 saturated carbocycles. The van der Waals surface area contributed by atoms with Crippen molar-refractivity contribution in [2.75, 3.05) is 0 Å². The summed E-state index contributed by atoms with van der Waals surface area (Å²) in [5, 5.41) is 0.715. The number of benzene rings is 2. The van der Waals surface area contributed by atoms with E-state index in [-0.39, 0.29) is 12.4 Å². The molecule has 0 saturated heterocycles. The fraction of sp³-hybridized carbons (Fsp3) is 0. The molecule has 0 bridgehead atoms. The molecule has 2 rings (SSSR count). The first kappa shape index (κ1) is 13.0. The lowest BCUT2D eigenvalue weighted by Gasteiger charge is -2.23. The van der Waals surface area contributed by atoms with Gasteiger partial charge in [-0.2, -0.15) is 0 Å². The standard InChI is InChI=1S/C12H11O2P.ClH/c13-15(14,11-7-3-1-4-8-11)12-9-5-2-6-10-12;/h1-10H,(H,13,14);1H/p-2. The zero-order valence-corrected chi connectivity index (χ0v) is 10.1. The Labute approximate surface area is 101 Å². The van der Waals surface area contributed by atoms with Crippen molar-refractivity contribution in [2.45, 2.75) is 0 Å². The highest BCUT2D eigenvalue weighted by molar-refractivity contribution is 7.72. The highest BCUT2D eigenvalue weighted by Crippen LogP contribution is 2.32. The summed E-state index contributed by atoms with van der Waals surface area (Å²) in [4.78, 5) is 12.1. The molecule has 0 spiro atoms. The summed E-state index contributed by atoms with van der Waals surface area (Å²) in [6.07, 6.45) is 0. The molecule has 0 atom stereocenters. The van der Waals surface area contributed by atoms with E-state index in [0.717, 1.165) is 0 Å². The molecule has 2 nitrogen and oxygen atoms in total. The maximum Gasteiger partial charge on any atom is 0.0720 e. The Hall–Kier alpha value is -1.08. The molecule has 2 aromatic rings. The second-order valence-corrected chi connectivity index (χ2v) is 5.36. The lowest BCUT2D eigenvalue weighted by atomic mass is 10.4. The number of hydrogen-bond donors (Lipinski definition) is 0. The van der Waals surface area contributed by atoms with Crippen LogP contribution in [0.4, 0.5) is 0 Å². The topological polar surface area (TPSA) is 40.1 Å². The van der Waals surface area contributed by atoms with Crippen LogP contribution in [0.1, 0.15) is 0 Å². The van der Waals surface area contributed by atoms with E-state index in [9.17, 15) is 9.46 Å². The smallest absolute Gasteiger partial charge is 0.0720 e. The zero-order valence-electron chi connectivity index (χ0n) is 8.42. The fourth-order valence-corrected chi connectivity index (χ4v) is 2.82. The summed E-state index contributed by atoms with van der Waals surface area (Å²) in [7, 11) is -3.65. The first-order chi connectivity index (χ1) is 7.21. The van der Waals surface area contributed by atoms with E-state index < -0.39 is 7.37 Å². The van der Waals surface area contributed by atoms with Gasteiger partial charge in [0.05, 0.1) is 7.37 Å². The molecule has 0 aliphatic heterocycles. The van der Waals surface area contributed by atoms with E-state index in [4.69, 9.17) is 0 Å². The van der Waals surface area contributed by atoms with E-state index in [0.29, 0.717) is 10.6 Å². The van der Waals surface area contributed by atoms with Crippen LogP contribution >= 0.6 is 7.37 Å². The van der Waals surface area contributed by atoms with E-state index in [2.05, 4.69) is 0 Å². The van der Waals surface area contributed by atoms with E-state index >= 15 is 0 Å². The van der Waals surface area contributed by atoms with Crippen molar-refractivity contribution in [2.24, 2.45) is 0 Å². The summed E-state index contributed by atoms with van der Waals surface area (Å²) in [6, 6.07) is 16.9. The van der Waals surface area contributed by atoms with Crippen molar-refractivity contribution >= 4 is 18.0 Å². The minimum Gasteiger partial charge on any atom is -1.00 e. The quantitative estimate of drug-likeness (QED) is 0.597. The lowest BCUT2D eigenvalue weighted by Crippen LogP contribution is -3.00. The van der Waals surface area contributed by atoms with Crippen LogP contribution in [-0.2, 0) is 4.57 Å². The van der Waals surface area contributed by atoms with E-state index in [1.165, 1.54) is 0 Å². The molecule has 0 unspecified atom stereocenters. The molecule has 0 heterocycles. The van der Waals surface area contributed by atoms with E-state index in [1.54, 1.807) is 60.7 Å². The van der Waals surface area contributed by atoms with Gasteiger partial charge in [0, 0.05) is 10.6 Å². The molecule has 0 fully saturated rings. The average Bonchev–Trinajstić information content (AvgIpc) is 2.31. The summed E-state index contributed by atoms with van der Waals surface area (Å²) < 4.78 is 12.1. The van der Waals surface area contributed by atoms with Gasteiger partial charge in [-0.05, 0) is 0 Å². The molecule has 0 aromatic heterocycles. The molecular weight excluding hydrogens is 243 g/mol. The van der Waals surface area contributed by atoms with E-state index in [1.807, 2.05) is 0 Å². The maximum absolute atomic E-state index is 12.1. The molecule has 16 heavy (non-hydrogen) atoms. The van der Waals surface area contributed by atoms with Crippen molar-refractivity contribution in [3.8, 4) is 0 Å². The van der Waals surface area contributed by atoms with Gasteiger partial charge in [0.25, 0.3) is 0 Å². The first-order valence-electron chi connectivity index (χ1n) is 4.63. The average molecular weight is 253 g/mol. The highest BCUT2D eigenvalue weighted by atomic mass is 35.5. The number of rotatable bonds is 2. The molecule has 0 aliphatic carbocycles. The van der Waals surface area contributed by atoms with Crippen molar-refractivity contribution in [1.29, 1.82) is 0 Å². The molecule has 2 aromatic carbocycles. The summed E-state index contributed by atoms with van der Waals surface area (Å²) >= 11 is 0. The second kappa shape index (κ2) is 5.31. The number of halogens is 1. The minimum atomic E-state index is -3.65. The Bertz CT molecular complexity index is 441. The maximum atomic E-state index is 12.1. The van der Waals surface area contributed by atoms with Crippen LogP contribution in [0.25, 0.3) is 0 Å². The van der Waals surface area contributed by atoms with Gasteiger partial charge in [-0.15, -0.1) is 0 Å².